The quantitative estimate of drug-likeness (QED) is 0.689. The van der Waals surface area contributed by atoms with Crippen molar-refractivity contribution < 1.29 is 22.7 Å². The average Bonchev–Trinajstić information content (AvgIpc) is 2.61. The van der Waals surface area contributed by atoms with Crippen molar-refractivity contribution in [2.24, 2.45) is 5.92 Å². The van der Waals surface area contributed by atoms with Crippen molar-refractivity contribution in [2.75, 3.05) is 52.5 Å². The second kappa shape index (κ2) is 7.87. The molecule has 0 bridgehead atoms. The fraction of sp³-hybridized carbons (Fsp3) is 0.938. The molecule has 8 nitrogen and oxygen atoms in total. The number of piperazine rings is 1. The Morgan fingerprint density at radius 1 is 0.920 bits per heavy atom. The summed E-state index contributed by atoms with van der Waals surface area (Å²) in [7, 11) is -3.50. The second-order valence-electron chi connectivity index (χ2n) is 7.19. The summed E-state index contributed by atoms with van der Waals surface area (Å²) in [4.78, 5) is 14.4. The molecule has 2 atom stereocenters. The summed E-state index contributed by atoms with van der Waals surface area (Å²) < 4.78 is 39.7. The first-order valence-corrected chi connectivity index (χ1v) is 10.5. The van der Waals surface area contributed by atoms with E-state index in [1.54, 1.807) is 0 Å². The van der Waals surface area contributed by atoms with Crippen LogP contribution in [0.25, 0.3) is 0 Å². The van der Waals surface area contributed by atoms with E-state index >= 15 is 0 Å². The summed E-state index contributed by atoms with van der Waals surface area (Å²) in [5.74, 6) is 0.173. The molecule has 0 N–H and O–H groups in total. The zero-order valence-corrected chi connectivity index (χ0v) is 15.9. The van der Waals surface area contributed by atoms with Gasteiger partial charge in [-0.2, -0.15) is 17.0 Å². The predicted molar refractivity (Wildman–Crippen MR) is 92.2 cm³/mol. The number of ether oxygens (including phenoxy) is 2. The molecular formula is C16H29N3O5S. The van der Waals surface area contributed by atoms with E-state index in [2.05, 4.69) is 0 Å². The Kier molecular flexibility index (Phi) is 5.99. The van der Waals surface area contributed by atoms with Crippen molar-refractivity contribution in [3.8, 4) is 0 Å². The Balaban J connectivity index is 1.56. The SMILES string of the molecule is CC1CN(S(=O)(=O)N2CCN(C(=O)C3CCOCC3)CC2)CC(C)O1. The first-order valence-electron chi connectivity index (χ1n) is 9.15. The molecule has 3 saturated heterocycles. The monoisotopic (exact) mass is 375 g/mol. The normalized spacial score (nSPS) is 31.2. The molecule has 1 amide bonds. The molecule has 3 fully saturated rings. The Labute approximate surface area is 150 Å². The number of rotatable bonds is 3. The number of carbonyl (C=O) groups excluding carboxylic acids is 1. The molecule has 2 unspecified atom stereocenters. The van der Waals surface area contributed by atoms with Crippen LogP contribution in [0.3, 0.4) is 0 Å². The lowest BCUT2D eigenvalue weighted by molar-refractivity contribution is -0.139. The molecule has 3 aliphatic heterocycles. The Hall–Kier alpha value is -0.740. The minimum atomic E-state index is -3.50. The zero-order valence-electron chi connectivity index (χ0n) is 15.1. The molecule has 0 aliphatic carbocycles. The standard InChI is InChI=1S/C16H29N3O5S/c1-13-11-19(12-14(2)24-13)25(21,22)18-7-5-17(6-8-18)16(20)15-3-9-23-10-4-15/h13-15H,3-12H2,1-2H3. The number of morpholine rings is 1. The highest BCUT2D eigenvalue weighted by molar-refractivity contribution is 7.86. The highest BCUT2D eigenvalue weighted by Gasteiger charge is 2.38. The van der Waals surface area contributed by atoms with Crippen molar-refractivity contribution in [1.82, 2.24) is 13.5 Å². The van der Waals surface area contributed by atoms with Gasteiger partial charge >= 0.3 is 0 Å². The van der Waals surface area contributed by atoms with Crippen LogP contribution >= 0.6 is 0 Å². The molecule has 3 aliphatic rings. The van der Waals surface area contributed by atoms with Crippen molar-refractivity contribution in [1.29, 1.82) is 0 Å². The Bertz CT molecular complexity index is 560. The molecule has 0 aromatic heterocycles. The molecule has 0 saturated carbocycles. The van der Waals surface area contributed by atoms with Crippen molar-refractivity contribution in [3.63, 3.8) is 0 Å². The lowest BCUT2D eigenvalue weighted by atomic mass is 9.98. The topological polar surface area (TPSA) is 79.4 Å². The third-order valence-corrected chi connectivity index (χ3v) is 7.13. The molecule has 0 aromatic carbocycles. The summed E-state index contributed by atoms with van der Waals surface area (Å²) in [6, 6.07) is 0. The molecule has 0 spiro atoms. The van der Waals surface area contributed by atoms with Crippen LogP contribution in [-0.4, -0.2) is 92.5 Å². The van der Waals surface area contributed by atoms with E-state index in [1.165, 1.54) is 8.61 Å². The molecule has 25 heavy (non-hydrogen) atoms. The van der Waals surface area contributed by atoms with Crippen LogP contribution < -0.4 is 0 Å². The molecule has 0 aromatic rings. The molecule has 144 valence electrons. The molecule has 9 heteroatoms. The van der Waals surface area contributed by atoms with E-state index in [0.29, 0.717) is 52.5 Å². The molecule has 0 radical (unpaired) electrons. The van der Waals surface area contributed by atoms with Gasteiger partial charge in [-0.1, -0.05) is 0 Å². The van der Waals surface area contributed by atoms with E-state index in [1.807, 2.05) is 18.7 Å². The van der Waals surface area contributed by atoms with Gasteiger partial charge in [-0.25, -0.2) is 0 Å². The Morgan fingerprint density at radius 3 is 2.04 bits per heavy atom. The second-order valence-corrected chi connectivity index (χ2v) is 9.12. The minimum Gasteiger partial charge on any atom is -0.381 e. The Morgan fingerprint density at radius 2 is 1.48 bits per heavy atom. The summed E-state index contributed by atoms with van der Waals surface area (Å²) in [5.41, 5.74) is 0. The van der Waals surface area contributed by atoms with E-state index in [4.69, 9.17) is 9.47 Å². The minimum absolute atomic E-state index is 0.0258. The predicted octanol–water partition coefficient (Wildman–Crippen LogP) is -0.0888. The van der Waals surface area contributed by atoms with E-state index < -0.39 is 10.2 Å². The summed E-state index contributed by atoms with van der Waals surface area (Å²) in [6.07, 6.45) is 1.33. The van der Waals surface area contributed by atoms with Gasteiger partial charge in [0.15, 0.2) is 0 Å². The van der Waals surface area contributed by atoms with Crippen LogP contribution in [0.2, 0.25) is 0 Å². The van der Waals surface area contributed by atoms with Gasteiger partial charge in [-0.05, 0) is 26.7 Å². The average molecular weight is 375 g/mol. The molecule has 3 rings (SSSR count). The first-order chi connectivity index (χ1) is 11.9. The van der Waals surface area contributed by atoms with Gasteiger partial charge in [0.05, 0.1) is 12.2 Å². The van der Waals surface area contributed by atoms with E-state index in [9.17, 15) is 13.2 Å². The summed E-state index contributed by atoms with van der Waals surface area (Å²) in [6.45, 7) is 7.47. The number of nitrogens with zero attached hydrogens (tertiary/aromatic N) is 3. The van der Waals surface area contributed by atoms with Crippen LogP contribution in [0.5, 0.6) is 0 Å². The maximum Gasteiger partial charge on any atom is 0.282 e. The largest absolute Gasteiger partial charge is 0.381 e. The lowest BCUT2D eigenvalue weighted by Crippen LogP contribution is -2.58. The number of hydrogen-bond donors (Lipinski definition) is 0. The van der Waals surface area contributed by atoms with Crippen LogP contribution in [0, 0.1) is 5.92 Å². The van der Waals surface area contributed by atoms with E-state index in [0.717, 1.165) is 12.8 Å². The van der Waals surface area contributed by atoms with Gasteiger partial charge < -0.3 is 14.4 Å². The van der Waals surface area contributed by atoms with Crippen LogP contribution in [0.1, 0.15) is 26.7 Å². The number of amides is 1. The van der Waals surface area contributed by atoms with Gasteiger partial charge in [0.2, 0.25) is 5.91 Å². The van der Waals surface area contributed by atoms with Crippen molar-refractivity contribution in [2.45, 2.75) is 38.9 Å². The zero-order chi connectivity index (χ0) is 18.0. The van der Waals surface area contributed by atoms with Crippen LogP contribution in [0.15, 0.2) is 0 Å². The van der Waals surface area contributed by atoms with E-state index in [-0.39, 0.29) is 24.0 Å². The van der Waals surface area contributed by atoms with Gasteiger partial charge in [0.1, 0.15) is 0 Å². The van der Waals surface area contributed by atoms with Crippen molar-refractivity contribution >= 4 is 16.1 Å². The summed E-state index contributed by atoms with van der Waals surface area (Å²) >= 11 is 0. The fourth-order valence-electron chi connectivity index (χ4n) is 3.82. The van der Waals surface area contributed by atoms with Gasteiger partial charge in [0.25, 0.3) is 10.2 Å². The number of hydrogen-bond acceptors (Lipinski definition) is 5. The summed E-state index contributed by atoms with van der Waals surface area (Å²) in [5, 5.41) is 0. The van der Waals surface area contributed by atoms with Gasteiger partial charge in [-0.15, -0.1) is 0 Å². The molecular weight excluding hydrogens is 346 g/mol. The lowest BCUT2D eigenvalue weighted by Gasteiger charge is -2.41. The van der Waals surface area contributed by atoms with Crippen molar-refractivity contribution in [3.05, 3.63) is 0 Å². The van der Waals surface area contributed by atoms with Gasteiger partial charge in [0, 0.05) is 58.4 Å². The third-order valence-electron chi connectivity index (χ3n) is 5.16. The fourth-order valence-corrected chi connectivity index (χ4v) is 5.57. The highest BCUT2D eigenvalue weighted by atomic mass is 32.2. The van der Waals surface area contributed by atoms with Crippen LogP contribution in [-0.2, 0) is 24.5 Å². The maximum atomic E-state index is 12.9. The first kappa shape index (κ1) is 19.0. The smallest absolute Gasteiger partial charge is 0.282 e. The number of carbonyl (C=O) groups is 1. The van der Waals surface area contributed by atoms with Crippen LogP contribution in [0.4, 0.5) is 0 Å². The maximum absolute atomic E-state index is 12.9. The highest BCUT2D eigenvalue weighted by Crippen LogP contribution is 2.21. The third kappa shape index (κ3) is 4.33. The molecule has 3 heterocycles. The van der Waals surface area contributed by atoms with Gasteiger partial charge in [-0.3, -0.25) is 4.79 Å².